The van der Waals surface area contributed by atoms with Crippen LogP contribution >= 0.6 is 11.6 Å². The van der Waals surface area contributed by atoms with Gasteiger partial charge in [-0.1, -0.05) is 11.6 Å². The van der Waals surface area contributed by atoms with Gasteiger partial charge in [0.2, 0.25) is 11.7 Å². The van der Waals surface area contributed by atoms with Gasteiger partial charge in [0, 0.05) is 26.0 Å². The molecule has 0 spiro atoms. The molecule has 1 aromatic rings. The molecule has 0 bridgehead atoms. The quantitative estimate of drug-likeness (QED) is 0.166. The summed E-state index contributed by atoms with van der Waals surface area (Å²) < 4.78 is 4.52. The smallest absolute Gasteiger partial charge is 0.389 e. The predicted octanol–water partition coefficient (Wildman–Crippen LogP) is 1.69. The maximum atomic E-state index is 11.2. The molecule has 0 saturated heterocycles. The average Bonchev–Trinajstić information content (AvgIpc) is 2.44. The zero-order valence-corrected chi connectivity index (χ0v) is 12.2. The number of esters is 1. The number of nitro groups is 1. The van der Waals surface area contributed by atoms with Crippen molar-refractivity contribution in [3.63, 3.8) is 0 Å². The lowest BCUT2D eigenvalue weighted by molar-refractivity contribution is -0.384. The maximum absolute atomic E-state index is 11.2. The summed E-state index contributed by atoms with van der Waals surface area (Å²) in [4.78, 5) is 42.9. The van der Waals surface area contributed by atoms with Crippen LogP contribution in [0.1, 0.15) is 13.8 Å². The van der Waals surface area contributed by atoms with Gasteiger partial charge in [-0.25, -0.2) is 4.79 Å². The largest absolute Gasteiger partial charge is 0.404 e. The highest BCUT2D eigenvalue weighted by molar-refractivity contribution is 6.62. The van der Waals surface area contributed by atoms with Crippen molar-refractivity contribution < 1.29 is 24.0 Å². The van der Waals surface area contributed by atoms with Crippen LogP contribution < -0.4 is 5.43 Å². The fourth-order valence-electron chi connectivity index (χ4n) is 1.19. The van der Waals surface area contributed by atoms with E-state index in [0.29, 0.717) is 0 Å². The molecule has 1 aromatic carbocycles. The Morgan fingerprint density at radius 3 is 2.45 bits per heavy atom. The number of nitrogens with one attached hydrogen (secondary N) is 1. The predicted molar refractivity (Wildman–Crippen MR) is 76.6 cm³/mol. The summed E-state index contributed by atoms with van der Waals surface area (Å²) in [6.07, 6.45) is 0. The SMILES string of the molecule is CC(=O)C(=O)C(=O)O/C(C)=N/Nc1ccc([N+](=O)[O-])cc1Cl. The van der Waals surface area contributed by atoms with Crippen LogP contribution in [0.2, 0.25) is 5.02 Å². The van der Waals surface area contributed by atoms with Crippen molar-refractivity contribution in [2.45, 2.75) is 13.8 Å². The first-order valence-electron chi connectivity index (χ1n) is 5.73. The molecule has 10 heteroatoms. The van der Waals surface area contributed by atoms with Crippen molar-refractivity contribution in [3.05, 3.63) is 33.3 Å². The number of ketones is 2. The third kappa shape index (κ3) is 4.63. The second kappa shape index (κ2) is 7.27. The van der Waals surface area contributed by atoms with Crippen molar-refractivity contribution in [2.24, 2.45) is 5.10 Å². The Morgan fingerprint density at radius 1 is 1.32 bits per heavy atom. The van der Waals surface area contributed by atoms with Gasteiger partial charge < -0.3 is 4.74 Å². The number of benzene rings is 1. The number of Topliss-reactive ketones (excluding diaryl/α,β-unsaturated/α-hetero) is 2. The summed E-state index contributed by atoms with van der Waals surface area (Å²) in [5.74, 6) is -3.86. The monoisotopic (exact) mass is 327 g/mol. The molecule has 0 aromatic heterocycles. The van der Waals surface area contributed by atoms with Gasteiger partial charge in [-0.2, -0.15) is 0 Å². The molecule has 1 N–H and O–H groups in total. The molecule has 0 unspecified atom stereocenters. The molecule has 0 saturated carbocycles. The van der Waals surface area contributed by atoms with Crippen LogP contribution in [0.25, 0.3) is 0 Å². The summed E-state index contributed by atoms with van der Waals surface area (Å²) in [6, 6.07) is 3.62. The molecule has 0 fully saturated rings. The minimum Gasteiger partial charge on any atom is -0.404 e. The highest BCUT2D eigenvalue weighted by atomic mass is 35.5. The minimum absolute atomic E-state index is 0.0249. The second-order valence-corrected chi connectivity index (χ2v) is 4.35. The number of nitro benzene ring substituents is 1. The number of carbonyl (C=O) groups excluding carboxylic acids is 3. The molecule has 0 aliphatic heterocycles. The summed E-state index contributed by atoms with van der Waals surface area (Å²) in [7, 11) is 0. The summed E-state index contributed by atoms with van der Waals surface area (Å²) >= 11 is 5.81. The van der Waals surface area contributed by atoms with E-state index in [1.165, 1.54) is 19.1 Å². The Labute approximate surface area is 129 Å². The summed E-state index contributed by atoms with van der Waals surface area (Å²) in [6.45, 7) is 2.20. The molecular formula is C12H10ClN3O6. The first-order chi connectivity index (χ1) is 10.2. The van der Waals surface area contributed by atoms with Gasteiger partial charge in [0.15, 0.2) is 0 Å². The topological polar surface area (TPSA) is 128 Å². The third-order valence-electron chi connectivity index (χ3n) is 2.24. The lowest BCUT2D eigenvalue weighted by Gasteiger charge is -2.05. The lowest BCUT2D eigenvalue weighted by Crippen LogP contribution is -2.25. The van der Waals surface area contributed by atoms with Crippen molar-refractivity contribution in [1.29, 1.82) is 0 Å². The van der Waals surface area contributed by atoms with E-state index in [1.54, 1.807) is 0 Å². The molecule has 0 aliphatic carbocycles. The third-order valence-corrected chi connectivity index (χ3v) is 2.56. The van der Waals surface area contributed by atoms with Crippen molar-refractivity contribution >= 4 is 46.4 Å². The second-order valence-electron chi connectivity index (χ2n) is 3.94. The number of hydrogen-bond acceptors (Lipinski definition) is 8. The van der Waals surface area contributed by atoms with Gasteiger partial charge in [0.1, 0.15) is 0 Å². The van der Waals surface area contributed by atoms with Gasteiger partial charge >= 0.3 is 11.8 Å². The number of carbonyl (C=O) groups is 3. The Hall–Kier alpha value is -2.81. The first-order valence-corrected chi connectivity index (χ1v) is 6.11. The van der Waals surface area contributed by atoms with Gasteiger partial charge in [-0.15, -0.1) is 5.10 Å². The van der Waals surface area contributed by atoms with Crippen LogP contribution in [0.5, 0.6) is 0 Å². The van der Waals surface area contributed by atoms with E-state index in [0.717, 1.165) is 13.0 Å². The molecule has 1 rings (SSSR count). The zero-order chi connectivity index (χ0) is 16.9. The van der Waals surface area contributed by atoms with Gasteiger partial charge in [0.25, 0.3) is 5.69 Å². The van der Waals surface area contributed by atoms with Crippen molar-refractivity contribution in [1.82, 2.24) is 0 Å². The summed E-state index contributed by atoms with van der Waals surface area (Å²) in [5.41, 5.74) is 2.44. The Morgan fingerprint density at radius 2 is 1.95 bits per heavy atom. The van der Waals surface area contributed by atoms with Crippen LogP contribution in [-0.2, 0) is 19.1 Å². The number of non-ortho nitro benzene ring substituents is 1. The molecule has 0 atom stereocenters. The fourth-order valence-corrected chi connectivity index (χ4v) is 1.41. The molecule has 9 nitrogen and oxygen atoms in total. The van der Waals surface area contributed by atoms with Gasteiger partial charge in [-0.05, 0) is 6.07 Å². The highest BCUT2D eigenvalue weighted by Crippen LogP contribution is 2.26. The number of hydrazone groups is 1. The van der Waals surface area contributed by atoms with Gasteiger partial charge in [0.05, 0.1) is 15.6 Å². The van der Waals surface area contributed by atoms with E-state index in [4.69, 9.17) is 11.6 Å². The molecular weight excluding hydrogens is 318 g/mol. The zero-order valence-electron chi connectivity index (χ0n) is 11.5. The lowest BCUT2D eigenvalue weighted by atomic mass is 10.3. The number of rotatable bonds is 5. The van der Waals surface area contributed by atoms with E-state index >= 15 is 0 Å². The van der Waals surface area contributed by atoms with Crippen LogP contribution in [0, 0.1) is 10.1 Å². The Bertz CT molecular complexity index is 685. The molecule has 22 heavy (non-hydrogen) atoms. The Kier molecular flexibility index (Phi) is 5.70. The number of ether oxygens (including phenoxy) is 1. The minimum atomic E-state index is -1.36. The van der Waals surface area contributed by atoms with E-state index < -0.39 is 22.5 Å². The van der Waals surface area contributed by atoms with Crippen molar-refractivity contribution in [3.8, 4) is 0 Å². The molecule has 116 valence electrons. The molecule has 0 radical (unpaired) electrons. The van der Waals surface area contributed by atoms with E-state index in [1.807, 2.05) is 0 Å². The molecule has 0 aliphatic rings. The van der Waals surface area contributed by atoms with E-state index in [2.05, 4.69) is 15.3 Å². The highest BCUT2D eigenvalue weighted by Gasteiger charge is 2.21. The number of nitrogens with zero attached hydrogens (tertiary/aromatic N) is 2. The van der Waals surface area contributed by atoms with Gasteiger partial charge in [-0.3, -0.25) is 25.1 Å². The number of halogens is 1. The van der Waals surface area contributed by atoms with Crippen LogP contribution in [0.15, 0.2) is 23.3 Å². The summed E-state index contributed by atoms with van der Waals surface area (Å²) in [5, 5.41) is 14.2. The van der Waals surface area contributed by atoms with Crippen LogP contribution in [0.3, 0.4) is 0 Å². The van der Waals surface area contributed by atoms with E-state index in [9.17, 15) is 24.5 Å². The Balaban J connectivity index is 2.75. The number of anilines is 1. The van der Waals surface area contributed by atoms with Crippen molar-refractivity contribution in [2.75, 3.05) is 5.43 Å². The van der Waals surface area contributed by atoms with E-state index in [-0.39, 0.29) is 22.3 Å². The number of hydrogen-bond donors (Lipinski definition) is 1. The van der Waals surface area contributed by atoms with Crippen LogP contribution in [0.4, 0.5) is 11.4 Å². The standard InChI is InChI=1S/C12H10ClN3O6/c1-6(17)11(18)12(19)22-7(2)14-15-10-4-3-8(16(20)21)5-9(10)13/h3-5,15H,1-2H3/b14-7+. The fraction of sp³-hybridized carbons (Fsp3) is 0.167. The maximum Gasteiger partial charge on any atom is 0.389 e. The van der Waals surface area contributed by atoms with Crippen LogP contribution in [-0.4, -0.2) is 28.4 Å². The molecule has 0 heterocycles. The normalized spacial score (nSPS) is 10.8. The first kappa shape index (κ1) is 17.2. The molecule has 0 amide bonds. The average molecular weight is 328 g/mol.